The number of rotatable bonds is 3. The number of carbonyl (C=O) groups excluding carboxylic acids is 1. The SMILES string of the molecule is CNC(C)C(=O)N1CCN(c2ccccc2)CC1. The normalized spacial score (nSPS) is 17.7. The molecule has 1 aromatic carbocycles. The quantitative estimate of drug-likeness (QED) is 0.863. The largest absolute Gasteiger partial charge is 0.368 e. The number of hydrogen-bond donors (Lipinski definition) is 1. The molecule has 1 aliphatic rings. The van der Waals surface area contributed by atoms with Crippen LogP contribution >= 0.6 is 0 Å². The molecule has 0 radical (unpaired) electrons. The van der Waals surface area contributed by atoms with Crippen LogP contribution in [0, 0.1) is 0 Å². The van der Waals surface area contributed by atoms with E-state index in [0.717, 1.165) is 26.2 Å². The number of benzene rings is 1. The monoisotopic (exact) mass is 247 g/mol. The summed E-state index contributed by atoms with van der Waals surface area (Å²) in [5, 5.41) is 3.00. The van der Waals surface area contributed by atoms with Crippen LogP contribution in [0.25, 0.3) is 0 Å². The van der Waals surface area contributed by atoms with Crippen LogP contribution in [0.15, 0.2) is 30.3 Å². The van der Waals surface area contributed by atoms with Gasteiger partial charge in [0.2, 0.25) is 5.91 Å². The van der Waals surface area contributed by atoms with Gasteiger partial charge in [0.25, 0.3) is 0 Å². The van der Waals surface area contributed by atoms with Gasteiger partial charge in [-0.3, -0.25) is 4.79 Å². The Labute approximate surface area is 109 Å². The van der Waals surface area contributed by atoms with Crippen molar-refractivity contribution in [3.8, 4) is 0 Å². The minimum absolute atomic E-state index is 0.0896. The van der Waals surface area contributed by atoms with Gasteiger partial charge in [-0.05, 0) is 26.1 Å². The molecule has 1 atom stereocenters. The topological polar surface area (TPSA) is 35.6 Å². The lowest BCUT2D eigenvalue weighted by atomic mass is 10.2. The summed E-state index contributed by atoms with van der Waals surface area (Å²) in [7, 11) is 1.82. The van der Waals surface area contributed by atoms with E-state index in [1.54, 1.807) is 0 Å². The first-order valence-corrected chi connectivity index (χ1v) is 6.48. The Morgan fingerprint density at radius 2 is 1.78 bits per heavy atom. The molecule has 0 spiro atoms. The van der Waals surface area contributed by atoms with Crippen LogP contribution in [0.1, 0.15) is 6.92 Å². The van der Waals surface area contributed by atoms with Crippen molar-refractivity contribution in [2.24, 2.45) is 0 Å². The van der Waals surface area contributed by atoms with Crippen molar-refractivity contribution in [3.05, 3.63) is 30.3 Å². The predicted octanol–water partition coefficient (Wildman–Crippen LogP) is 0.943. The van der Waals surface area contributed by atoms with Crippen molar-refractivity contribution in [1.82, 2.24) is 10.2 Å². The molecule has 0 aromatic heterocycles. The average Bonchev–Trinajstić information content (AvgIpc) is 2.47. The first kappa shape index (κ1) is 12.9. The predicted molar refractivity (Wildman–Crippen MR) is 73.8 cm³/mol. The molecule has 0 bridgehead atoms. The van der Waals surface area contributed by atoms with Crippen LogP contribution in [-0.4, -0.2) is 50.1 Å². The van der Waals surface area contributed by atoms with Crippen LogP contribution in [-0.2, 0) is 4.79 Å². The van der Waals surface area contributed by atoms with E-state index in [1.165, 1.54) is 5.69 Å². The highest BCUT2D eigenvalue weighted by Gasteiger charge is 2.23. The number of anilines is 1. The fourth-order valence-corrected chi connectivity index (χ4v) is 2.22. The number of piperazine rings is 1. The highest BCUT2D eigenvalue weighted by atomic mass is 16.2. The summed E-state index contributed by atoms with van der Waals surface area (Å²) in [5.41, 5.74) is 1.24. The molecular formula is C14H21N3O. The summed E-state index contributed by atoms with van der Waals surface area (Å²) in [6.07, 6.45) is 0. The molecule has 1 unspecified atom stereocenters. The first-order valence-electron chi connectivity index (χ1n) is 6.48. The van der Waals surface area contributed by atoms with Crippen molar-refractivity contribution < 1.29 is 4.79 Å². The smallest absolute Gasteiger partial charge is 0.239 e. The van der Waals surface area contributed by atoms with Gasteiger partial charge >= 0.3 is 0 Å². The summed E-state index contributed by atoms with van der Waals surface area (Å²) in [6.45, 7) is 5.34. The van der Waals surface area contributed by atoms with E-state index < -0.39 is 0 Å². The second-order valence-electron chi connectivity index (χ2n) is 4.66. The fourth-order valence-electron chi connectivity index (χ4n) is 2.22. The van der Waals surface area contributed by atoms with E-state index in [-0.39, 0.29) is 11.9 Å². The highest BCUT2D eigenvalue weighted by Crippen LogP contribution is 2.15. The average molecular weight is 247 g/mol. The zero-order valence-corrected chi connectivity index (χ0v) is 11.1. The van der Waals surface area contributed by atoms with Gasteiger partial charge in [0.1, 0.15) is 0 Å². The van der Waals surface area contributed by atoms with Gasteiger partial charge in [-0.15, -0.1) is 0 Å². The van der Waals surface area contributed by atoms with Crippen LogP contribution in [0.4, 0.5) is 5.69 Å². The van der Waals surface area contributed by atoms with Gasteiger partial charge in [0.15, 0.2) is 0 Å². The molecule has 1 amide bonds. The molecule has 1 fully saturated rings. The van der Waals surface area contributed by atoms with Crippen molar-refractivity contribution in [2.75, 3.05) is 38.1 Å². The number of amides is 1. The highest BCUT2D eigenvalue weighted by molar-refractivity contribution is 5.81. The Morgan fingerprint density at radius 1 is 1.17 bits per heavy atom. The maximum Gasteiger partial charge on any atom is 0.239 e. The summed E-state index contributed by atoms with van der Waals surface area (Å²) < 4.78 is 0. The number of carbonyl (C=O) groups is 1. The van der Waals surface area contributed by atoms with Gasteiger partial charge < -0.3 is 15.1 Å². The molecule has 1 N–H and O–H groups in total. The summed E-state index contributed by atoms with van der Waals surface area (Å²) in [4.78, 5) is 16.3. The van der Waals surface area contributed by atoms with E-state index in [2.05, 4.69) is 34.5 Å². The standard InChI is InChI=1S/C14H21N3O/c1-12(15-2)14(18)17-10-8-16(9-11-17)13-6-4-3-5-7-13/h3-7,12,15H,8-11H2,1-2H3. The van der Waals surface area contributed by atoms with Gasteiger partial charge in [-0.2, -0.15) is 0 Å². The number of para-hydroxylation sites is 1. The minimum atomic E-state index is -0.0896. The summed E-state index contributed by atoms with van der Waals surface area (Å²) >= 11 is 0. The molecule has 2 rings (SSSR count). The van der Waals surface area contributed by atoms with Gasteiger partial charge in [0, 0.05) is 31.9 Å². The van der Waals surface area contributed by atoms with Crippen molar-refractivity contribution in [2.45, 2.75) is 13.0 Å². The van der Waals surface area contributed by atoms with Gasteiger partial charge in [0.05, 0.1) is 6.04 Å². The Hall–Kier alpha value is -1.55. The molecule has 4 nitrogen and oxygen atoms in total. The molecule has 4 heteroatoms. The summed E-state index contributed by atoms with van der Waals surface area (Å²) in [6, 6.07) is 10.3. The number of nitrogens with zero attached hydrogens (tertiary/aromatic N) is 2. The van der Waals surface area contributed by atoms with E-state index in [4.69, 9.17) is 0 Å². The lowest BCUT2D eigenvalue weighted by molar-refractivity contribution is -0.133. The summed E-state index contributed by atoms with van der Waals surface area (Å²) in [5.74, 6) is 0.199. The Bertz CT molecular complexity index is 385. The number of nitrogens with one attached hydrogen (secondary N) is 1. The lowest BCUT2D eigenvalue weighted by Crippen LogP contribution is -2.53. The van der Waals surface area contributed by atoms with E-state index in [0.29, 0.717) is 0 Å². The lowest BCUT2D eigenvalue weighted by Gasteiger charge is -2.37. The van der Waals surface area contributed by atoms with E-state index in [1.807, 2.05) is 24.9 Å². The third-order valence-corrected chi connectivity index (χ3v) is 3.52. The number of likely N-dealkylation sites (N-methyl/N-ethyl adjacent to an activating group) is 1. The van der Waals surface area contributed by atoms with Crippen molar-refractivity contribution in [3.63, 3.8) is 0 Å². The van der Waals surface area contributed by atoms with E-state index in [9.17, 15) is 4.79 Å². The van der Waals surface area contributed by atoms with E-state index >= 15 is 0 Å². The van der Waals surface area contributed by atoms with Gasteiger partial charge in [-0.25, -0.2) is 0 Å². The number of hydrogen-bond acceptors (Lipinski definition) is 3. The second-order valence-corrected chi connectivity index (χ2v) is 4.66. The van der Waals surface area contributed by atoms with Crippen LogP contribution < -0.4 is 10.2 Å². The van der Waals surface area contributed by atoms with Gasteiger partial charge in [-0.1, -0.05) is 18.2 Å². The minimum Gasteiger partial charge on any atom is -0.368 e. The molecule has 0 aliphatic carbocycles. The van der Waals surface area contributed by atoms with Crippen molar-refractivity contribution in [1.29, 1.82) is 0 Å². The maximum absolute atomic E-state index is 12.0. The second kappa shape index (κ2) is 5.87. The maximum atomic E-state index is 12.0. The molecular weight excluding hydrogens is 226 g/mol. The molecule has 1 aliphatic heterocycles. The molecule has 98 valence electrons. The molecule has 1 saturated heterocycles. The zero-order valence-electron chi connectivity index (χ0n) is 11.1. The molecule has 1 aromatic rings. The molecule has 1 heterocycles. The van der Waals surface area contributed by atoms with Crippen molar-refractivity contribution >= 4 is 11.6 Å². The molecule has 0 saturated carbocycles. The fraction of sp³-hybridized carbons (Fsp3) is 0.500. The van der Waals surface area contributed by atoms with Crippen LogP contribution in [0.3, 0.4) is 0 Å². The van der Waals surface area contributed by atoms with Crippen LogP contribution in [0.5, 0.6) is 0 Å². The van der Waals surface area contributed by atoms with Crippen LogP contribution in [0.2, 0.25) is 0 Å². The zero-order chi connectivity index (χ0) is 13.0. The third-order valence-electron chi connectivity index (χ3n) is 3.52. The molecule has 18 heavy (non-hydrogen) atoms. The third kappa shape index (κ3) is 2.82. The Morgan fingerprint density at radius 3 is 2.33 bits per heavy atom. The Balaban J connectivity index is 1.90. The first-order chi connectivity index (χ1) is 8.72. The Kier molecular flexibility index (Phi) is 4.20.